The van der Waals surface area contributed by atoms with Crippen LogP contribution < -0.4 is 10.7 Å². The zero-order valence-corrected chi connectivity index (χ0v) is 16.3. The largest absolute Gasteiger partial charge is 0.374 e. The minimum absolute atomic E-state index is 0.0543. The fraction of sp³-hybridized carbons (Fsp3) is 0.0667. The van der Waals surface area contributed by atoms with Gasteiger partial charge in [-0.1, -0.05) is 41.4 Å². The van der Waals surface area contributed by atoms with Crippen LogP contribution in [0, 0.1) is 0 Å². The molecule has 0 radical (unpaired) electrons. The van der Waals surface area contributed by atoms with Gasteiger partial charge in [0.25, 0.3) is 5.91 Å². The van der Waals surface area contributed by atoms with Crippen molar-refractivity contribution in [3.63, 3.8) is 0 Å². The van der Waals surface area contributed by atoms with Gasteiger partial charge in [0.15, 0.2) is 0 Å². The highest BCUT2D eigenvalue weighted by atomic mass is 79.9. The van der Waals surface area contributed by atoms with E-state index in [-0.39, 0.29) is 12.5 Å². The summed E-state index contributed by atoms with van der Waals surface area (Å²) in [6.07, 6.45) is 1.49. The van der Waals surface area contributed by atoms with Gasteiger partial charge in [-0.05, 0) is 50.1 Å². The minimum Gasteiger partial charge on any atom is -0.374 e. The molecular formula is C15H11Br2Cl2N3O. The molecular weight excluding hydrogens is 469 g/mol. The normalized spacial score (nSPS) is 10.8. The molecule has 2 aromatic carbocycles. The van der Waals surface area contributed by atoms with Gasteiger partial charge in [-0.3, -0.25) is 4.79 Å². The van der Waals surface area contributed by atoms with E-state index in [0.717, 1.165) is 20.2 Å². The Morgan fingerprint density at radius 3 is 2.48 bits per heavy atom. The second-order valence-electron chi connectivity index (χ2n) is 4.41. The Balaban J connectivity index is 1.90. The lowest BCUT2D eigenvalue weighted by Gasteiger charge is -2.10. The number of halogens is 4. The van der Waals surface area contributed by atoms with Crippen molar-refractivity contribution in [2.75, 3.05) is 11.9 Å². The smallest absolute Gasteiger partial charge is 0.259 e. The van der Waals surface area contributed by atoms with E-state index in [1.807, 2.05) is 12.1 Å². The quantitative estimate of drug-likeness (QED) is 0.464. The first-order chi connectivity index (χ1) is 11.0. The number of anilines is 1. The number of hydrogen-bond donors (Lipinski definition) is 2. The summed E-state index contributed by atoms with van der Waals surface area (Å²) in [5, 5.41) is 8.04. The third-order valence-electron chi connectivity index (χ3n) is 2.73. The van der Waals surface area contributed by atoms with E-state index in [9.17, 15) is 4.79 Å². The monoisotopic (exact) mass is 477 g/mol. The Bertz CT molecular complexity index is 730. The summed E-state index contributed by atoms with van der Waals surface area (Å²) in [4.78, 5) is 11.8. The van der Waals surface area contributed by atoms with Crippen molar-refractivity contribution in [2.45, 2.75) is 0 Å². The topological polar surface area (TPSA) is 53.5 Å². The predicted molar refractivity (Wildman–Crippen MR) is 103 cm³/mol. The molecule has 0 fully saturated rings. The van der Waals surface area contributed by atoms with Gasteiger partial charge < -0.3 is 5.32 Å². The molecule has 0 atom stereocenters. The van der Waals surface area contributed by atoms with Crippen molar-refractivity contribution >= 4 is 72.9 Å². The first-order valence-electron chi connectivity index (χ1n) is 6.42. The average Bonchev–Trinajstić information content (AvgIpc) is 2.48. The van der Waals surface area contributed by atoms with Gasteiger partial charge >= 0.3 is 0 Å². The van der Waals surface area contributed by atoms with E-state index in [1.54, 1.807) is 24.3 Å². The molecule has 8 heteroatoms. The summed E-state index contributed by atoms with van der Waals surface area (Å²) in [7, 11) is 0. The number of carbonyl (C=O) groups is 1. The Hall–Kier alpha value is -1.08. The van der Waals surface area contributed by atoms with Crippen LogP contribution >= 0.6 is 55.1 Å². The molecule has 0 unspecified atom stereocenters. The molecule has 23 heavy (non-hydrogen) atoms. The van der Waals surface area contributed by atoms with Crippen LogP contribution in [-0.4, -0.2) is 18.7 Å². The zero-order chi connectivity index (χ0) is 16.8. The summed E-state index contributed by atoms with van der Waals surface area (Å²) in [5.74, 6) is -0.290. The van der Waals surface area contributed by atoms with Crippen LogP contribution in [0.3, 0.4) is 0 Å². The molecule has 0 heterocycles. The lowest BCUT2D eigenvalue weighted by atomic mass is 10.2. The third kappa shape index (κ3) is 5.49. The fourth-order valence-electron chi connectivity index (χ4n) is 1.67. The second kappa shape index (κ2) is 8.68. The van der Waals surface area contributed by atoms with Crippen LogP contribution in [0.5, 0.6) is 0 Å². The van der Waals surface area contributed by atoms with Crippen molar-refractivity contribution < 1.29 is 4.79 Å². The number of nitrogens with zero attached hydrogens (tertiary/aromatic N) is 1. The molecule has 1 amide bonds. The maximum Gasteiger partial charge on any atom is 0.259 e. The van der Waals surface area contributed by atoms with Gasteiger partial charge in [0.2, 0.25) is 0 Å². The molecule has 0 bridgehead atoms. The van der Waals surface area contributed by atoms with E-state index >= 15 is 0 Å². The van der Waals surface area contributed by atoms with Gasteiger partial charge in [0.05, 0.1) is 18.4 Å². The number of hydrazone groups is 1. The number of amides is 1. The fourth-order valence-corrected chi connectivity index (χ4v) is 3.81. The van der Waals surface area contributed by atoms with Gasteiger partial charge in [0, 0.05) is 24.6 Å². The average molecular weight is 480 g/mol. The van der Waals surface area contributed by atoms with Crippen LogP contribution in [0.4, 0.5) is 5.69 Å². The molecule has 4 nitrogen and oxygen atoms in total. The molecule has 2 rings (SSSR count). The molecule has 120 valence electrons. The summed E-state index contributed by atoms with van der Waals surface area (Å²) >= 11 is 18.7. The van der Waals surface area contributed by atoms with E-state index < -0.39 is 0 Å². The third-order valence-corrected chi connectivity index (χ3v) is 4.54. The lowest BCUT2D eigenvalue weighted by molar-refractivity contribution is -0.119. The molecule has 0 aliphatic heterocycles. The lowest BCUT2D eigenvalue weighted by Crippen LogP contribution is -2.26. The van der Waals surface area contributed by atoms with Crippen LogP contribution in [0.25, 0.3) is 0 Å². The van der Waals surface area contributed by atoms with E-state index in [1.165, 1.54) is 6.21 Å². The maximum atomic E-state index is 11.8. The Morgan fingerprint density at radius 1 is 1.17 bits per heavy atom. The van der Waals surface area contributed by atoms with Gasteiger partial charge in [-0.15, -0.1) is 0 Å². The Kier molecular flexibility index (Phi) is 6.89. The molecule has 2 N–H and O–H groups in total. The first kappa shape index (κ1) is 18.3. The minimum atomic E-state index is -0.290. The van der Waals surface area contributed by atoms with E-state index in [0.29, 0.717) is 10.0 Å². The van der Waals surface area contributed by atoms with Crippen LogP contribution in [0.2, 0.25) is 10.0 Å². The van der Waals surface area contributed by atoms with Crippen molar-refractivity contribution in [2.24, 2.45) is 5.10 Å². The van der Waals surface area contributed by atoms with Crippen LogP contribution in [0.1, 0.15) is 5.56 Å². The predicted octanol–water partition coefficient (Wildman–Crippen LogP) is 5.08. The molecule has 0 spiro atoms. The number of benzene rings is 2. The van der Waals surface area contributed by atoms with Crippen molar-refractivity contribution in [1.29, 1.82) is 0 Å². The molecule has 0 aromatic heterocycles. The number of rotatable bonds is 5. The van der Waals surface area contributed by atoms with Crippen molar-refractivity contribution in [3.8, 4) is 0 Å². The summed E-state index contributed by atoms with van der Waals surface area (Å²) < 4.78 is 1.51. The van der Waals surface area contributed by atoms with E-state index in [2.05, 4.69) is 47.7 Å². The van der Waals surface area contributed by atoms with Crippen LogP contribution in [-0.2, 0) is 4.79 Å². The highest BCUT2D eigenvalue weighted by Gasteiger charge is 2.08. The molecule has 0 aliphatic carbocycles. The van der Waals surface area contributed by atoms with Gasteiger partial charge in [-0.25, -0.2) is 5.43 Å². The van der Waals surface area contributed by atoms with Gasteiger partial charge in [0.1, 0.15) is 0 Å². The highest BCUT2D eigenvalue weighted by molar-refractivity contribution is 9.11. The first-order valence-corrected chi connectivity index (χ1v) is 8.76. The van der Waals surface area contributed by atoms with E-state index in [4.69, 9.17) is 23.2 Å². The Morgan fingerprint density at radius 2 is 1.83 bits per heavy atom. The number of hydrogen-bond acceptors (Lipinski definition) is 3. The zero-order valence-electron chi connectivity index (χ0n) is 11.6. The molecule has 0 saturated heterocycles. The summed E-state index contributed by atoms with van der Waals surface area (Å²) in [6.45, 7) is 0.0543. The van der Waals surface area contributed by atoms with Gasteiger partial charge in [-0.2, -0.15) is 5.10 Å². The summed E-state index contributed by atoms with van der Waals surface area (Å²) in [6, 6.07) is 10.7. The van der Waals surface area contributed by atoms with Crippen molar-refractivity contribution in [1.82, 2.24) is 5.43 Å². The molecule has 0 saturated carbocycles. The number of carbonyl (C=O) groups excluding carboxylic acids is 1. The van der Waals surface area contributed by atoms with Crippen molar-refractivity contribution in [3.05, 3.63) is 61.0 Å². The SMILES string of the molecule is O=C(CNc1c(Br)cc(Cl)cc1Br)N/N=C\c1ccccc1Cl. The highest BCUT2D eigenvalue weighted by Crippen LogP contribution is 2.33. The molecule has 2 aromatic rings. The second-order valence-corrected chi connectivity index (χ2v) is 6.96. The number of nitrogens with one attached hydrogen (secondary N) is 2. The summed E-state index contributed by atoms with van der Waals surface area (Å²) in [5.41, 5.74) is 3.89. The Labute approximate surface area is 160 Å². The standard InChI is InChI=1S/C15H11Br2Cl2N3O/c16-11-5-10(18)6-12(17)15(11)20-8-14(23)22-21-7-9-3-1-2-4-13(9)19/h1-7,20H,8H2,(H,22,23)/b21-7-. The van der Waals surface area contributed by atoms with Crippen LogP contribution in [0.15, 0.2) is 50.4 Å². The maximum absolute atomic E-state index is 11.8. The molecule has 0 aliphatic rings.